The van der Waals surface area contributed by atoms with E-state index in [0.717, 1.165) is 0 Å². The number of amides is 1. The number of carbonyl (C=O) groups excluding carboxylic acids is 4. The maximum atomic E-state index is 13.1. The van der Waals surface area contributed by atoms with E-state index in [2.05, 4.69) is 5.32 Å². The first-order valence-corrected chi connectivity index (χ1v) is 11.1. The smallest absolute Gasteiger partial charge is 0.255 e. The highest BCUT2D eigenvalue weighted by atomic mass is 19.1. The molecule has 0 aliphatic heterocycles. The molecule has 174 valence electrons. The minimum atomic E-state index is -0.412. The van der Waals surface area contributed by atoms with E-state index < -0.39 is 11.6 Å². The fraction of sp³-hybridized carbons (Fsp3) is 0. The quantitative estimate of drug-likeness (QED) is 0.259. The molecule has 0 saturated carbocycles. The van der Waals surface area contributed by atoms with Gasteiger partial charge in [0.15, 0.2) is 17.3 Å². The average molecular weight is 475 g/mol. The Morgan fingerprint density at radius 2 is 1.33 bits per heavy atom. The molecule has 0 spiro atoms. The van der Waals surface area contributed by atoms with Gasteiger partial charge in [0, 0.05) is 39.1 Å². The zero-order valence-corrected chi connectivity index (χ0v) is 18.8. The number of nitrogens with one attached hydrogen (secondary N) is 1. The van der Waals surface area contributed by atoms with Crippen molar-refractivity contribution >= 4 is 35.0 Å². The Morgan fingerprint density at radius 3 is 2.03 bits per heavy atom. The lowest BCUT2D eigenvalue weighted by Crippen LogP contribution is -2.23. The van der Waals surface area contributed by atoms with E-state index in [1.807, 2.05) is 0 Å². The molecule has 0 fully saturated rings. The number of ketones is 3. The van der Waals surface area contributed by atoms with E-state index in [1.165, 1.54) is 36.4 Å². The van der Waals surface area contributed by atoms with Crippen LogP contribution < -0.4 is 5.32 Å². The third kappa shape index (κ3) is 4.28. The zero-order chi connectivity index (χ0) is 25.2. The molecule has 1 amide bonds. The molecule has 1 aliphatic carbocycles. The number of hydrogen-bond acceptors (Lipinski definition) is 4. The van der Waals surface area contributed by atoms with Gasteiger partial charge in [-0.05, 0) is 48.0 Å². The maximum Gasteiger partial charge on any atom is 0.255 e. The lowest BCUT2D eigenvalue weighted by atomic mass is 9.81. The van der Waals surface area contributed by atoms with E-state index >= 15 is 0 Å². The molecule has 0 unspecified atom stereocenters. The standard InChI is InChI=1S/C30H18FNO4/c31-20-13-15-21(16-14-20)32-30(36)19-11-8-18(9-12-19)10-17-26(33)24-6-3-7-25-27(24)29(35)23-5-2-1-4-22(23)28(25)34/h1-17H,(H,32,36)/b17-10+. The molecule has 4 aromatic rings. The second-order valence-electron chi connectivity index (χ2n) is 8.21. The molecule has 5 nitrogen and oxygen atoms in total. The van der Waals surface area contributed by atoms with Crippen molar-refractivity contribution in [2.24, 2.45) is 0 Å². The van der Waals surface area contributed by atoms with Gasteiger partial charge < -0.3 is 5.32 Å². The van der Waals surface area contributed by atoms with Gasteiger partial charge in [0.1, 0.15) is 5.82 Å². The van der Waals surface area contributed by atoms with Crippen LogP contribution in [0.5, 0.6) is 0 Å². The van der Waals surface area contributed by atoms with Crippen molar-refractivity contribution in [3.8, 4) is 0 Å². The highest BCUT2D eigenvalue weighted by molar-refractivity contribution is 6.31. The first kappa shape index (κ1) is 22.8. The van der Waals surface area contributed by atoms with Gasteiger partial charge in [0.2, 0.25) is 0 Å². The van der Waals surface area contributed by atoms with Gasteiger partial charge in [0.05, 0.1) is 0 Å². The van der Waals surface area contributed by atoms with Gasteiger partial charge in [-0.1, -0.05) is 60.7 Å². The number of rotatable bonds is 5. The van der Waals surface area contributed by atoms with Crippen molar-refractivity contribution in [3.05, 3.63) is 142 Å². The Kier molecular flexibility index (Phi) is 5.92. The molecule has 1 N–H and O–H groups in total. The lowest BCUT2D eigenvalue weighted by molar-refractivity contribution is 0.0972. The molecule has 6 heteroatoms. The second-order valence-corrected chi connectivity index (χ2v) is 8.21. The highest BCUT2D eigenvalue weighted by Gasteiger charge is 2.32. The van der Waals surface area contributed by atoms with E-state index in [-0.39, 0.29) is 39.7 Å². The summed E-state index contributed by atoms with van der Waals surface area (Å²) in [5.74, 6) is -1.80. The van der Waals surface area contributed by atoms with E-state index in [0.29, 0.717) is 22.4 Å². The van der Waals surface area contributed by atoms with Gasteiger partial charge in [-0.3, -0.25) is 19.2 Å². The maximum absolute atomic E-state index is 13.1. The molecule has 4 aromatic carbocycles. The number of carbonyl (C=O) groups is 4. The molecule has 0 bridgehead atoms. The Hall–Kier alpha value is -4.97. The van der Waals surface area contributed by atoms with Crippen LogP contribution in [0.2, 0.25) is 0 Å². The number of benzene rings is 4. The molecular formula is C30H18FNO4. The van der Waals surface area contributed by atoms with Crippen molar-refractivity contribution < 1.29 is 23.6 Å². The summed E-state index contributed by atoms with van der Waals surface area (Å²) < 4.78 is 13.0. The van der Waals surface area contributed by atoms with Crippen molar-refractivity contribution in [3.63, 3.8) is 0 Å². The third-order valence-electron chi connectivity index (χ3n) is 5.92. The van der Waals surface area contributed by atoms with Crippen LogP contribution in [0.15, 0.2) is 97.1 Å². The molecule has 0 saturated heterocycles. The molecule has 0 radical (unpaired) electrons. The number of anilines is 1. The van der Waals surface area contributed by atoms with Gasteiger partial charge in [-0.15, -0.1) is 0 Å². The molecule has 0 atom stereocenters. The summed E-state index contributed by atoms with van der Waals surface area (Å²) in [5.41, 5.74) is 2.64. The highest BCUT2D eigenvalue weighted by Crippen LogP contribution is 2.30. The Morgan fingerprint density at radius 1 is 0.694 bits per heavy atom. The summed E-state index contributed by atoms with van der Waals surface area (Å²) in [4.78, 5) is 51.4. The van der Waals surface area contributed by atoms with Gasteiger partial charge in [-0.25, -0.2) is 4.39 Å². The van der Waals surface area contributed by atoms with Crippen molar-refractivity contribution in [2.45, 2.75) is 0 Å². The molecule has 0 aromatic heterocycles. The summed E-state index contributed by atoms with van der Waals surface area (Å²) in [6.07, 6.45) is 2.91. The summed E-state index contributed by atoms with van der Waals surface area (Å²) in [6.45, 7) is 0. The van der Waals surface area contributed by atoms with Crippen LogP contribution >= 0.6 is 0 Å². The fourth-order valence-corrected chi connectivity index (χ4v) is 4.09. The van der Waals surface area contributed by atoms with Crippen molar-refractivity contribution in [1.82, 2.24) is 0 Å². The number of allylic oxidation sites excluding steroid dienone is 1. The lowest BCUT2D eigenvalue weighted by Gasteiger charge is -2.19. The topological polar surface area (TPSA) is 80.3 Å². The van der Waals surface area contributed by atoms with Crippen LogP contribution in [0.4, 0.5) is 10.1 Å². The summed E-state index contributed by atoms with van der Waals surface area (Å²) in [5, 5.41) is 2.68. The first-order valence-electron chi connectivity index (χ1n) is 11.1. The van der Waals surface area contributed by atoms with Gasteiger partial charge >= 0.3 is 0 Å². The molecular weight excluding hydrogens is 457 g/mol. The normalized spacial score (nSPS) is 12.2. The minimum Gasteiger partial charge on any atom is -0.322 e. The van der Waals surface area contributed by atoms with E-state index in [1.54, 1.807) is 66.7 Å². The monoisotopic (exact) mass is 475 g/mol. The summed E-state index contributed by atoms with van der Waals surface area (Å²) in [7, 11) is 0. The Labute approximate surface area is 205 Å². The molecule has 5 rings (SSSR count). The summed E-state index contributed by atoms with van der Waals surface area (Å²) in [6, 6.07) is 23.3. The van der Waals surface area contributed by atoms with E-state index in [4.69, 9.17) is 0 Å². The molecule has 0 heterocycles. The van der Waals surface area contributed by atoms with Crippen LogP contribution in [0.3, 0.4) is 0 Å². The van der Waals surface area contributed by atoms with Crippen LogP contribution in [0.1, 0.15) is 58.1 Å². The van der Waals surface area contributed by atoms with Crippen molar-refractivity contribution in [2.75, 3.05) is 5.32 Å². The fourth-order valence-electron chi connectivity index (χ4n) is 4.09. The number of halogens is 1. The van der Waals surface area contributed by atoms with Crippen LogP contribution in [-0.4, -0.2) is 23.3 Å². The number of fused-ring (bicyclic) bond motifs is 2. The second kappa shape index (κ2) is 9.35. The number of hydrogen-bond donors (Lipinski definition) is 1. The third-order valence-corrected chi connectivity index (χ3v) is 5.92. The molecule has 1 aliphatic rings. The largest absolute Gasteiger partial charge is 0.322 e. The van der Waals surface area contributed by atoms with Gasteiger partial charge in [-0.2, -0.15) is 0 Å². The predicted octanol–water partition coefficient (Wildman–Crippen LogP) is 5.75. The Bertz CT molecular complexity index is 1570. The van der Waals surface area contributed by atoms with Crippen LogP contribution in [0, 0.1) is 5.82 Å². The van der Waals surface area contributed by atoms with Gasteiger partial charge in [0.25, 0.3) is 5.91 Å². The Balaban J connectivity index is 1.34. The van der Waals surface area contributed by atoms with Crippen LogP contribution in [0.25, 0.3) is 6.08 Å². The summed E-state index contributed by atoms with van der Waals surface area (Å²) >= 11 is 0. The average Bonchev–Trinajstić information content (AvgIpc) is 2.91. The van der Waals surface area contributed by atoms with E-state index in [9.17, 15) is 23.6 Å². The van der Waals surface area contributed by atoms with Crippen molar-refractivity contribution in [1.29, 1.82) is 0 Å². The minimum absolute atomic E-state index is 0.115. The van der Waals surface area contributed by atoms with Crippen LogP contribution in [-0.2, 0) is 0 Å². The SMILES string of the molecule is O=C(Nc1ccc(F)cc1)c1ccc(/C=C/C(=O)c2cccc3c2C(=O)c2ccccc2C3=O)cc1. The predicted molar refractivity (Wildman–Crippen MR) is 134 cm³/mol. The molecule has 36 heavy (non-hydrogen) atoms. The zero-order valence-electron chi connectivity index (χ0n) is 18.8. The first-order chi connectivity index (χ1) is 17.4.